The average molecular weight is 454 g/mol. The van der Waals surface area contributed by atoms with E-state index in [0.717, 1.165) is 6.42 Å². The SMILES string of the molecule is CC1(C)C2CCC1(CS(=O)(=O)N1CCCC(C(=O)Nc3ccc(Cl)cn3)C1)C(=O)C2. The lowest BCUT2D eigenvalue weighted by atomic mass is 9.70. The first-order chi connectivity index (χ1) is 14.0. The molecule has 3 atom stereocenters. The lowest BCUT2D eigenvalue weighted by molar-refractivity contribution is -0.128. The number of nitrogens with zero attached hydrogens (tertiary/aromatic N) is 2. The Bertz CT molecular complexity index is 963. The quantitative estimate of drug-likeness (QED) is 0.738. The molecule has 30 heavy (non-hydrogen) atoms. The van der Waals surface area contributed by atoms with E-state index in [1.807, 2.05) is 13.8 Å². The summed E-state index contributed by atoms with van der Waals surface area (Å²) in [4.78, 5) is 29.5. The number of Topliss-reactive ketones (excluding diaryl/α,β-unsaturated/α-hetero) is 1. The highest BCUT2D eigenvalue weighted by atomic mass is 35.5. The second kappa shape index (κ2) is 7.57. The van der Waals surface area contributed by atoms with Crippen molar-refractivity contribution < 1.29 is 18.0 Å². The number of hydrogen-bond acceptors (Lipinski definition) is 5. The molecule has 1 saturated heterocycles. The molecule has 1 aromatic heterocycles. The number of nitrogens with one attached hydrogen (secondary N) is 1. The maximum Gasteiger partial charge on any atom is 0.229 e. The summed E-state index contributed by atoms with van der Waals surface area (Å²) in [6, 6.07) is 3.25. The topological polar surface area (TPSA) is 96.4 Å². The van der Waals surface area contributed by atoms with Gasteiger partial charge in [-0.15, -0.1) is 0 Å². The molecule has 2 bridgehead atoms. The predicted molar refractivity (Wildman–Crippen MR) is 115 cm³/mol. The standard InChI is InChI=1S/C21H28ClN3O4S/c1-20(2)15-7-8-21(20,17(26)10-15)13-30(28,29)25-9-3-4-14(12-25)19(27)24-18-6-5-16(22)11-23-18/h5-6,11,14-15H,3-4,7-10,12-13H2,1-2H3,(H,23,24,27). The highest BCUT2D eigenvalue weighted by Crippen LogP contribution is 2.64. The van der Waals surface area contributed by atoms with Gasteiger partial charge in [0.25, 0.3) is 0 Å². The van der Waals surface area contributed by atoms with Crippen LogP contribution in [0.3, 0.4) is 0 Å². The van der Waals surface area contributed by atoms with E-state index in [2.05, 4.69) is 10.3 Å². The molecule has 1 aliphatic heterocycles. The van der Waals surface area contributed by atoms with Crippen LogP contribution in [0.15, 0.2) is 18.3 Å². The third kappa shape index (κ3) is 3.56. The molecule has 3 unspecified atom stereocenters. The summed E-state index contributed by atoms with van der Waals surface area (Å²) in [5.41, 5.74) is -1.09. The van der Waals surface area contributed by atoms with Gasteiger partial charge in [0, 0.05) is 31.1 Å². The molecule has 2 saturated carbocycles. The Kier molecular flexibility index (Phi) is 5.48. The zero-order valence-corrected chi connectivity index (χ0v) is 18.9. The van der Waals surface area contributed by atoms with Crippen molar-refractivity contribution in [1.29, 1.82) is 0 Å². The van der Waals surface area contributed by atoms with E-state index in [1.165, 1.54) is 10.5 Å². The van der Waals surface area contributed by atoms with Crippen molar-refractivity contribution in [2.24, 2.45) is 22.7 Å². The van der Waals surface area contributed by atoms with E-state index in [1.54, 1.807) is 12.1 Å². The summed E-state index contributed by atoms with van der Waals surface area (Å²) < 4.78 is 28.1. The Balaban J connectivity index is 1.46. The zero-order chi connectivity index (χ0) is 21.7. The van der Waals surface area contributed by atoms with Crippen molar-refractivity contribution in [2.45, 2.75) is 46.0 Å². The first-order valence-electron chi connectivity index (χ1n) is 10.5. The summed E-state index contributed by atoms with van der Waals surface area (Å²) in [5.74, 6) is -0.0961. The molecule has 0 radical (unpaired) electrons. The Morgan fingerprint density at radius 3 is 2.70 bits per heavy atom. The minimum Gasteiger partial charge on any atom is -0.310 e. The van der Waals surface area contributed by atoms with Crippen molar-refractivity contribution in [2.75, 3.05) is 24.2 Å². The second-order valence-corrected chi connectivity index (χ2v) is 11.9. The Morgan fingerprint density at radius 2 is 2.10 bits per heavy atom. The van der Waals surface area contributed by atoms with Crippen LogP contribution in [-0.4, -0.2) is 48.2 Å². The molecule has 3 fully saturated rings. The van der Waals surface area contributed by atoms with Gasteiger partial charge in [0.2, 0.25) is 15.9 Å². The number of ketones is 1. The summed E-state index contributed by atoms with van der Waals surface area (Å²) in [7, 11) is -3.66. The summed E-state index contributed by atoms with van der Waals surface area (Å²) in [6.45, 7) is 4.60. The van der Waals surface area contributed by atoms with Gasteiger partial charge in [-0.1, -0.05) is 25.4 Å². The van der Waals surface area contributed by atoms with Crippen LogP contribution in [0.4, 0.5) is 5.82 Å². The van der Waals surface area contributed by atoms with Gasteiger partial charge < -0.3 is 5.32 Å². The Morgan fingerprint density at radius 1 is 1.33 bits per heavy atom. The van der Waals surface area contributed by atoms with Gasteiger partial charge in [0.1, 0.15) is 11.6 Å². The van der Waals surface area contributed by atoms with Gasteiger partial charge >= 0.3 is 0 Å². The normalized spacial score (nSPS) is 31.1. The molecule has 2 aliphatic carbocycles. The number of piperidine rings is 1. The number of hydrogen-bond donors (Lipinski definition) is 1. The third-order valence-corrected chi connectivity index (χ3v) is 9.89. The van der Waals surface area contributed by atoms with Crippen LogP contribution in [0.25, 0.3) is 0 Å². The first-order valence-corrected chi connectivity index (χ1v) is 12.5. The minimum atomic E-state index is -3.66. The molecule has 1 aromatic rings. The number of anilines is 1. The zero-order valence-electron chi connectivity index (χ0n) is 17.4. The van der Waals surface area contributed by atoms with E-state index in [-0.39, 0.29) is 35.3 Å². The van der Waals surface area contributed by atoms with Gasteiger partial charge in [0.15, 0.2) is 0 Å². The fourth-order valence-electron chi connectivity index (χ4n) is 5.60. The molecule has 3 aliphatic rings. The van der Waals surface area contributed by atoms with Crippen LogP contribution in [0, 0.1) is 22.7 Å². The van der Waals surface area contributed by atoms with Crippen molar-refractivity contribution in [1.82, 2.24) is 9.29 Å². The monoisotopic (exact) mass is 453 g/mol. The number of sulfonamides is 1. The highest BCUT2D eigenvalue weighted by Gasteiger charge is 2.65. The number of halogens is 1. The molecule has 1 amide bonds. The van der Waals surface area contributed by atoms with E-state index in [4.69, 9.17) is 11.6 Å². The fraction of sp³-hybridized carbons (Fsp3) is 0.667. The van der Waals surface area contributed by atoms with Gasteiger partial charge in [-0.2, -0.15) is 0 Å². The smallest absolute Gasteiger partial charge is 0.229 e. The van der Waals surface area contributed by atoms with Crippen LogP contribution in [0.1, 0.15) is 46.0 Å². The predicted octanol–water partition coefficient (Wildman–Crippen LogP) is 3.11. The van der Waals surface area contributed by atoms with E-state index in [9.17, 15) is 18.0 Å². The molecule has 7 nitrogen and oxygen atoms in total. The molecular formula is C21H28ClN3O4S. The van der Waals surface area contributed by atoms with Crippen LogP contribution < -0.4 is 5.32 Å². The van der Waals surface area contributed by atoms with E-state index < -0.39 is 21.4 Å². The van der Waals surface area contributed by atoms with Crippen LogP contribution in [-0.2, 0) is 19.6 Å². The summed E-state index contributed by atoms with van der Waals surface area (Å²) in [5, 5.41) is 3.22. The lowest BCUT2D eigenvalue weighted by Gasteiger charge is -2.39. The summed E-state index contributed by atoms with van der Waals surface area (Å²) >= 11 is 5.82. The van der Waals surface area contributed by atoms with Crippen molar-refractivity contribution in [3.63, 3.8) is 0 Å². The number of fused-ring (bicyclic) bond motifs is 2. The molecule has 4 rings (SSSR count). The second-order valence-electron chi connectivity index (χ2n) is 9.47. The molecule has 0 spiro atoms. The van der Waals surface area contributed by atoms with Gasteiger partial charge in [-0.25, -0.2) is 17.7 Å². The van der Waals surface area contributed by atoms with Crippen molar-refractivity contribution in [3.8, 4) is 0 Å². The van der Waals surface area contributed by atoms with E-state index in [0.29, 0.717) is 43.1 Å². The van der Waals surface area contributed by atoms with Crippen molar-refractivity contribution in [3.05, 3.63) is 23.4 Å². The molecule has 164 valence electrons. The number of carbonyl (C=O) groups excluding carboxylic acids is 2. The Labute approximate surface area is 182 Å². The minimum absolute atomic E-state index is 0.0902. The molecule has 0 aromatic carbocycles. The lowest BCUT2D eigenvalue weighted by Crippen LogP contribution is -2.50. The molecule has 2 heterocycles. The largest absolute Gasteiger partial charge is 0.310 e. The molecule has 1 N–H and O–H groups in total. The van der Waals surface area contributed by atoms with Crippen LogP contribution in [0.5, 0.6) is 0 Å². The maximum atomic E-state index is 13.3. The maximum absolute atomic E-state index is 13.3. The highest BCUT2D eigenvalue weighted by molar-refractivity contribution is 7.89. The first kappa shape index (κ1) is 21.7. The van der Waals surface area contributed by atoms with Crippen LogP contribution >= 0.6 is 11.6 Å². The number of pyridine rings is 1. The fourth-order valence-corrected chi connectivity index (χ4v) is 8.01. The van der Waals surface area contributed by atoms with Crippen molar-refractivity contribution >= 4 is 39.1 Å². The van der Waals surface area contributed by atoms with Gasteiger partial charge in [-0.05, 0) is 49.1 Å². The average Bonchev–Trinajstić information content (AvgIpc) is 3.04. The number of aromatic nitrogens is 1. The van der Waals surface area contributed by atoms with Gasteiger partial charge in [-0.3, -0.25) is 9.59 Å². The summed E-state index contributed by atoms with van der Waals surface area (Å²) in [6.07, 6.45) is 4.71. The molecule has 9 heteroatoms. The van der Waals surface area contributed by atoms with Gasteiger partial charge in [0.05, 0.1) is 16.7 Å². The number of carbonyl (C=O) groups is 2. The molecular weight excluding hydrogens is 426 g/mol. The Hall–Kier alpha value is -1.51. The van der Waals surface area contributed by atoms with E-state index >= 15 is 0 Å². The number of amides is 1. The number of rotatable bonds is 5. The van der Waals surface area contributed by atoms with Crippen LogP contribution in [0.2, 0.25) is 5.02 Å². The third-order valence-electron chi connectivity index (χ3n) is 7.69.